The molecule has 3 N–H and O–H groups in total. The SMILES string of the molecule is N/C(=N/O)c1ccc(OCc2ccccc2Br)cc1Cl. The maximum Gasteiger partial charge on any atom is 0.171 e. The number of hydrogen-bond donors (Lipinski definition) is 2. The molecule has 0 aromatic heterocycles. The lowest BCUT2D eigenvalue weighted by molar-refractivity contribution is 0.305. The summed E-state index contributed by atoms with van der Waals surface area (Å²) in [5, 5.41) is 11.9. The normalized spacial score (nSPS) is 11.4. The van der Waals surface area contributed by atoms with E-state index in [0.717, 1.165) is 10.0 Å². The molecule has 104 valence electrons. The third kappa shape index (κ3) is 3.43. The highest BCUT2D eigenvalue weighted by molar-refractivity contribution is 9.10. The molecule has 0 aliphatic heterocycles. The van der Waals surface area contributed by atoms with Crippen molar-refractivity contribution in [3.63, 3.8) is 0 Å². The Hall–Kier alpha value is -1.72. The molecule has 0 fully saturated rings. The van der Waals surface area contributed by atoms with E-state index in [1.54, 1.807) is 18.2 Å². The fourth-order valence-corrected chi connectivity index (χ4v) is 2.29. The maximum atomic E-state index is 8.63. The Bertz CT molecular complexity index is 647. The molecule has 4 nitrogen and oxygen atoms in total. The van der Waals surface area contributed by atoms with Crippen LogP contribution in [0.15, 0.2) is 52.1 Å². The van der Waals surface area contributed by atoms with Gasteiger partial charge in [-0.2, -0.15) is 0 Å². The lowest BCUT2D eigenvalue weighted by Crippen LogP contribution is -2.13. The lowest BCUT2D eigenvalue weighted by Gasteiger charge is -2.09. The minimum atomic E-state index is -0.0349. The summed E-state index contributed by atoms with van der Waals surface area (Å²) in [5.74, 6) is 0.576. The summed E-state index contributed by atoms with van der Waals surface area (Å²) in [4.78, 5) is 0. The van der Waals surface area contributed by atoms with Gasteiger partial charge >= 0.3 is 0 Å². The van der Waals surface area contributed by atoms with Crippen molar-refractivity contribution in [2.45, 2.75) is 6.61 Å². The van der Waals surface area contributed by atoms with Crippen LogP contribution in [0.2, 0.25) is 5.02 Å². The zero-order valence-corrected chi connectivity index (χ0v) is 12.7. The Morgan fingerprint density at radius 2 is 2.05 bits per heavy atom. The van der Waals surface area contributed by atoms with Crippen LogP contribution in [-0.4, -0.2) is 11.0 Å². The van der Waals surface area contributed by atoms with Gasteiger partial charge < -0.3 is 15.7 Å². The Balaban J connectivity index is 2.12. The molecule has 0 atom stereocenters. The lowest BCUT2D eigenvalue weighted by atomic mass is 10.2. The molecular formula is C14H12BrClN2O2. The van der Waals surface area contributed by atoms with Gasteiger partial charge in [-0.15, -0.1) is 0 Å². The third-order valence-electron chi connectivity index (χ3n) is 2.68. The van der Waals surface area contributed by atoms with E-state index < -0.39 is 0 Å². The molecule has 2 aromatic rings. The van der Waals surface area contributed by atoms with Crippen molar-refractivity contribution in [3.8, 4) is 5.75 Å². The van der Waals surface area contributed by atoms with Crippen LogP contribution < -0.4 is 10.5 Å². The van der Waals surface area contributed by atoms with Gasteiger partial charge in [0, 0.05) is 15.6 Å². The zero-order chi connectivity index (χ0) is 14.5. The number of ether oxygens (including phenoxy) is 1. The van der Waals surface area contributed by atoms with E-state index in [1.165, 1.54) is 0 Å². The summed E-state index contributed by atoms with van der Waals surface area (Å²) in [7, 11) is 0. The van der Waals surface area contributed by atoms with Crippen LogP contribution >= 0.6 is 27.5 Å². The van der Waals surface area contributed by atoms with E-state index >= 15 is 0 Å². The van der Waals surface area contributed by atoms with E-state index in [-0.39, 0.29) is 5.84 Å². The fourth-order valence-electron chi connectivity index (χ4n) is 1.62. The summed E-state index contributed by atoms with van der Waals surface area (Å²) in [5.41, 5.74) is 6.99. The molecule has 0 bridgehead atoms. The Morgan fingerprint density at radius 3 is 2.70 bits per heavy atom. The highest BCUT2D eigenvalue weighted by atomic mass is 79.9. The number of amidine groups is 1. The molecule has 0 amide bonds. The third-order valence-corrected chi connectivity index (χ3v) is 3.76. The van der Waals surface area contributed by atoms with Gasteiger partial charge in [-0.1, -0.05) is 50.9 Å². The minimum absolute atomic E-state index is 0.0349. The zero-order valence-electron chi connectivity index (χ0n) is 10.4. The predicted octanol–water partition coefficient (Wildman–Crippen LogP) is 3.78. The van der Waals surface area contributed by atoms with Crippen molar-refractivity contribution in [3.05, 3.63) is 63.1 Å². The van der Waals surface area contributed by atoms with Crippen LogP contribution in [-0.2, 0) is 6.61 Å². The largest absolute Gasteiger partial charge is 0.489 e. The van der Waals surface area contributed by atoms with E-state index in [2.05, 4.69) is 21.1 Å². The highest BCUT2D eigenvalue weighted by Gasteiger charge is 2.07. The summed E-state index contributed by atoms with van der Waals surface area (Å²) in [6, 6.07) is 12.8. The van der Waals surface area contributed by atoms with Crippen molar-refractivity contribution in [1.82, 2.24) is 0 Å². The number of hydrogen-bond acceptors (Lipinski definition) is 3. The molecule has 0 heterocycles. The predicted molar refractivity (Wildman–Crippen MR) is 82.4 cm³/mol. The molecule has 0 unspecified atom stereocenters. The van der Waals surface area contributed by atoms with Gasteiger partial charge in [0.1, 0.15) is 12.4 Å². The molecule has 0 aliphatic rings. The molecule has 20 heavy (non-hydrogen) atoms. The number of nitrogens with zero attached hydrogens (tertiary/aromatic N) is 1. The second-order valence-corrected chi connectivity index (χ2v) is 5.27. The van der Waals surface area contributed by atoms with E-state index in [4.69, 9.17) is 27.3 Å². The van der Waals surface area contributed by atoms with Crippen molar-refractivity contribution < 1.29 is 9.94 Å². The van der Waals surface area contributed by atoms with Gasteiger partial charge in [0.15, 0.2) is 5.84 Å². The molecule has 6 heteroatoms. The molecule has 0 aliphatic carbocycles. The smallest absolute Gasteiger partial charge is 0.171 e. The molecule has 0 radical (unpaired) electrons. The number of halogens is 2. The minimum Gasteiger partial charge on any atom is -0.489 e. The van der Waals surface area contributed by atoms with Crippen LogP contribution in [0.3, 0.4) is 0 Å². The van der Waals surface area contributed by atoms with Crippen molar-refractivity contribution in [2.24, 2.45) is 10.9 Å². The topological polar surface area (TPSA) is 67.8 Å². The van der Waals surface area contributed by atoms with Gasteiger partial charge in [-0.25, -0.2) is 0 Å². The Morgan fingerprint density at radius 1 is 1.30 bits per heavy atom. The highest BCUT2D eigenvalue weighted by Crippen LogP contribution is 2.24. The van der Waals surface area contributed by atoms with E-state index in [9.17, 15) is 0 Å². The van der Waals surface area contributed by atoms with Crippen LogP contribution in [0.25, 0.3) is 0 Å². The quantitative estimate of drug-likeness (QED) is 0.379. The summed E-state index contributed by atoms with van der Waals surface area (Å²) in [6.07, 6.45) is 0. The molecular weight excluding hydrogens is 344 g/mol. The number of benzene rings is 2. The average Bonchev–Trinajstić information content (AvgIpc) is 2.46. The molecule has 0 spiro atoms. The first-order valence-corrected chi connectivity index (χ1v) is 6.92. The van der Waals surface area contributed by atoms with Gasteiger partial charge in [0.25, 0.3) is 0 Å². The second kappa shape index (κ2) is 6.63. The first kappa shape index (κ1) is 14.7. The Kier molecular flexibility index (Phi) is 4.87. The standard InChI is InChI=1S/C14H12BrClN2O2/c15-12-4-2-1-3-9(12)8-20-10-5-6-11(13(16)7-10)14(17)18-19/h1-7,19H,8H2,(H2,17,18). The van der Waals surface area contributed by atoms with Gasteiger partial charge in [0.2, 0.25) is 0 Å². The Labute approximate surface area is 129 Å². The number of oxime groups is 1. The first-order chi connectivity index (χ1) is 9.61. The van der Waals surface area contributed by atoms with Gasteiger partial charge in [-0.3, -0.25) is 0 Å². The number of rotatable bonds is 4. The van der Waals surface area contributed by atoms with Crippen molar-refractivity contribution in [2.75, 3.05) is 0 Å². The molecule has 0 saturated heterocycles. The second-order valence-electron chi connectivity index (χ2n) is 4.01. The van der Waals surface area contributed by atoms with Crippen molar-refractivity contribution >= 4 is 33.4 Å². The van der Waals surface area contributed by atoms with E-state index in [0.29, 0.717) is 22.9 Å². The van der Waals surface area contributed by atoms with Crippen LogP contribution in [0.5, 0.6) is 5.75 Å². The average molecular weight is 356 g/mol. The fraction of sp³-hybridized carbons (Fsp3) is 0.0714. The van der Waals surface area contributed by atoms with Gasteiger partial charge in [-0.05, 0) is 24.3 Å². The molecule has 0 saturated carbocycles. The van der Waals surface area contributed by atoms with Crippen molar-refractivity contribution in [1.29, 1.82) is 0 Å². The van der Waals surface area contributed by atoms with Gasteiger partial charge in [0.05, 0.1) is 5.02 Å². The summed E-state index contributed by atoms with van der Waals surface area (Å²) in [6.45, 7) is 0.417. The van der Waals surface area contributed by atoms with E-state index in [1.807, 2.05) is 24.3 Å². The van der Waals surface area contributed by atoms with Crippen LogP contribution in [0.1, 0.15) is 11.1 Å². The first-order valence-electron chi connectivity index (χ1n) is 5.75. The number of nitrogens with two attached hydrogens (primary N) is 1. The molecule has 2 aromatic carbocycles. The van der Waals surface area contributed by atoms with Crippen LogP contribution in [0, 0.1) is 0 Å². The maximum absolute atomic E-state index is 8.63. The summed E-state index contributed by atoms with van der Waals surface area (Å²) >= 11 is 9.51. The summed E-state index contributed by atoms with van der Waals surface area (Å²) < 4.78 is 6.65. The monoisotopic (exact) mass is 354 g/mol. The van der Waals surface area contributed by atoms with Crippen LogP contribution in [0.4, 0.5) is 0 Å². The molecule has 2 rings (SSSR count).